The van der Waals surface area contributed by atoms with E-state index in [1.165, 1.54) is 17.2 Å². The van der Waals surface area contributed by atoms with E-state index in [4.69, 9.17) is 14.4 Å². The van der Waals surface area contributed by atoms with Gasteiger partial charge in [-0.2, -0.15) is 0 Å². The van der Waals surface area contributed by atoms with Crippen LogP contribution >= 0.6 is 0 Å². The minimum Gasteiger partial charge on any atom is -0.478 e. The van der Waals surface area contributed by atoms with E-state index in [9.17, 15) is 19.5 Å². The summed E-state index contributed by atoms with van der Waals surface area (Å²) in [6, 6.07) is 41.4. The van der Waals surface area contributed by atoms with E-state index >= 15 is 0 Å². The number of aromatic nitrogens is 2. The highest BCUT2D eigenvalue weighted by molar-refractivity contribution is 6.09. The van der Waals surface area contributed by atoms with Gasteiger partial charge in [-0.05, 0) is 90.4 Å². The van der Waals surface area contributed by atoms with Crippen molar-refractivity contribution < 1.29 is 23.9 Å². The highest BCUT2D eigenvalue weighted by Crippen LogP contribution is 2.42. The minimum absolute atomic E-state index is 0.0212. The van der Waals surface area contributed by atoms with Crippen LogP contribution in [0.4, 0.5) is 11.5 Å². The van der Waals surface area contributed by atoms with Crippen LogP contribution in [0, 0.1) is 0 Å². The van der Waals surface area contributed by atoms with Gasteiger partial charge in [0.05, 0.1) is 17.1 Å². The molecule has 3 aliphatic rings. The van der Waals surface area contributed by atoms with Crippen LogP contribution in [0.1, 0.15) is 63.1 Å². The number of hydrogen-bond acceptors (Lipinski definition) is 8. The summed E-state index contributed by atoms with van der Waals surface area (Å²) in [4.78, 5) is 51.1. The molecular weight excluding hydrogens is 825 g/mol. The van der Waals surface area contributed by atoms with Crippen LogP contribution in [-0.4, -0.2) is 73.5 Å². The maximum absolute atomic E-state index is 13.3. The fraction of sp³-hybridized carbons (Fsp3) is 0.236. The number of carboxylic acid groups (broad SMARTS) is 1. The standard InChI is InChI=1S/C55H52N6O5/c1-60(2)40-22-25-45-49(32-40)66-50-33-41(61(3)4)23-26-46(50)51(45)43-24-21-38(31-47(43)55(64)65)54(63)56-27-11-5-6-14-42(62)28-34-17-19-35(20-18-34)52-58-48-16-10-9-15-44(48)53(59-52)57-39-29-36-12-7-8-13-37(36)30-39/h7-10,12-13,15-26,31-33,39H,5-6,11,14,27-30H2,1-4H3,(H2-,56,57,58,59,63,64,65)/p+1. The quantitative estimate of drug-likeness (QED) is 0.0522. The van der Waals surface area contributed by atoms with Crippen molar-refractivity contribution in [3.63, 3.8) is 0 Å². The molecule has 0 spiro atoms. The molecule has 0 bridgehead atoms. The van der Waals surface area contributed by atoms with Gasteiger partial charge >= 0.3 is 5.97 Å². The Balaban J connectivity index is 0.795. The number of unbranched alkanes of at least 4 members (excludes halogenated alkanes) is 2. The third-order valence-corrected chi connectivity index (χ3v) is 12.5. The predicted octanol–water partition coefficient (Wildman–Crippen LogP) is 9.29. The van der Waals surface area contributed by atoms with Crippen molar-refractivity contribution in [1.29, 1.82) is 0 Å². The second-order valence-corrected chi connectivity index (χ2v) is 17.6. The zero-order valence-corrected chi connectivity index (χ0v) is 37.7. The maximum Gasteiger partial charge on any atom is 0.336 e. The molecule has 2 heterocycles. The van der Waals surface area contributed by atoms with Crippen molar-refractivity contribution >= 4 is 51.0 Å². The fourth-order valence-corrected chi connectivity index (χ4v) is 8.98. The highest BCUT2D eigenvalue weighted by Gasteiger charge is 2.25. The van der Waals surface area contributed by atoms with Crippen LogP contribution in [0.5, 0.6) is 0 Å². The molecule has 0 unspecified atom stereocenters. The number of anilines is 2. The molecule has 0 saturated carbocycles. The average Bonchev–Trinajstić information content (AvgIpc) is 3.74. The van der Waals surface area contributed by atoms with E-state index in [1.807, 2.05) is 117 Å². The third kappa shape index (κ3) is 9.28. The first-order chi connectivity index (χ1) is 32.0. The van der Waals surface area contributed by atoms with Crippen LogP contribution in [0.3, 0.4) is 0 Å². The lowest BCUT2D eigenvalue weighted by Gasteiger charge is -2.19. The number of ketones is 1. The molecule has 0 saturated heterocycles. The minimum atomic E-state index is -1.14. The second-order valence-electron chi connectivity index (χ2n) is 17.6. The van der Waals surface area contributed by atoms with Crippen LogP contribution in [0.15, 0.2) is 132 Å². The lowest BCUT2D eigenvalue weighted by Crippen LogP contribution is -2.24. The number of carbonyl (C=O) groups excluding carboxylic acids is 2. The zero-order chi connectivity index (χ0) is 45.9. The molecule has 9 rings (SSSR count). The SMILES string of the molecule is CN(C)c1ccc2c(-c3ccc(C(=O)NCCCCCC(=O)Cc4ccc(-c5nc(NC6Cc7ccccc7C6)c6ccccc6n5)cc4)cc3C(=O)O)c3ccc(=[N+](C)C)cc-3oc2c1. The summed E-state index contributed by atoms with van der Waals surface area (Å²) in [5.74, 6) is 0.756. The van der Waals surface area contributed by atoms with Gasteiger partial charge in [0.1, 0.15) is 37.0 Å². The molecule has 332 valence electrons. The third-order valence-electron chi connectivity index (χ3n) is 12.5. The van der Waals surface area contributed by atoms with Crippen molar-refractivity contribution in [3.8, 4) is 33.8 Å². The number of nitrogens with zero attached hydrogens (tertiary/aromatic N) is 4. The summed E-state index contributed by atoms with van der Waals surface area (Å²) in [5, 5.41) is 19.8. The van der Waals surface area contributed by atoms with Crippen molar-refractivity contribution in [2.24, 2.45) is 0 Å². The summed E-state index contributed by atoms with van der Waals surface area (Å²) in [5.41, 5.74) is 9.29. The number of hydrogen-bond donors (Lipinski definition) is 3. The largest absolute Gasteiger partial charge is 0.478 e. The molecule has 6 aromatic rings. The molecule has 3 N–H and O–H groups in total. The number of aromatic carboxylic acids is 1. The molecule has 1 amide bonds. The van der Waals surface area contributed by atoms with Crippen LogP contribution in [-0.2, 0) is 24.1 Å². The molecule has 0 radical (unpaired) electrons. The summed E-state index contributed by atoms with van der Waals surface area (Å²) < 4.78 is 8.41. The summed E-state index contributed by atoms with van der Waals surface area (Å²) in [7, 11) is 7.81. The molecule has 0 fully saturated rings. The van der Waals surface area contributed by atoms with E-state index in [-0.39, 0.29) is 28.9 Å². The molecule has 2 aliphatic carbocycles. The fourth-order valence-electron chi connectivity index (χ4n) is 8.98. The van der Waals surface area contributed by atoms with Gasteiger partial charge in [-0.1, -0.05) is 73.2 Å². The molecular formula is C55H53N6O5+. The Hall–Kier alpha value is -7.66. The first-order valence-electron chi connectivity index (χ1n) is 22.5. The Morgan fingerprint density at radius 2 is 1.52 bits per heavy atom. The highest BCUT2D eigenvalue weighted by atomic mass is 16.4. The molecule has 1 aliphatic heterocycles. The van der Waals surface area contributed by atoms with Gasteiger partial charge in [-0.3, -0.25) is 9.59 Å². The number of rotatable bonds is 15. The number of amides is 1. The van der Waals surface area contributed by atoms with E-state index in [2.05, 4.69) is 41.0 Å². The van der Waals surface area contributed by atoms with Gasteiger partial charge in [0.25, 0.3) is 5.91 Å². The summed E-state index contributed by atoms with van der Waals surface area (Å²) >= 11 is 0. The van der Waals surface area contributed by atoms with Gasteiger partial charge < -0.3 is 25.1 Å². The number of nitrogens with one attached hydrogen (secondary N) is 2. The normalized spacial score (nSPS) is 12.4. The number of para-hydroxylation sites is 1. The smallest absolute Gasteiger partial charge is 0.336 e. The maximum atomic E-state index is 13.3. The van der Waals surface area contributed by atoms with Gasteiger partial charge in [-0.25, -0.2) is 19.3 Å². The first-order valence-corrected chi connectivity index (χ1v) is 22.5. The molecule has 1 aromatic heterocycles. The van der Waals surface area contributed by atoms with Crippen molar-refractivity contribution in [1.82, 2.24) is 19.9 Å². The van der Waals surface area contributed by atoms with Crippen molar-refractivity contribution in [2.75, 3.05) is 45.0 Å². The van der Waals surface area contributed by atoms with E-state index in [1.54, 1.807) is 12.1 Å². The van der Waals surface area contributed by atoms with Gasteiger partial charge in [0, 0.05) is 90.4 Å². The molecule has 11 nitrogen and oxygen atoms in total. The topological polar surface area (TPSA) is 141 Å². The van der Waals surface area contributed by atoms with Gasteiger partial charge in [-0.15, -0.1) is 0 Å². The number of carbonyl (C=O) groups is 3. The van der Waals surface area contributed by atoms with E-state index in [0.717, 1.165) is 74.7 Å². The van der Waals surface area contributed by atoms with Crippen molar-refractivity contribution in [3.05, 3.63) is 161 Å². The molecule has 66 heavy (non-hydrogen) atoms. The van der Waals surface area contributed by atoms with E-state index in [0.29, 0.717) is 55.0 Å². The monoisotopic (exact) mass is 877 g/mol. The Morgan fingerprint density at radius 1 is 0.773 bits per heavy atom. The van der Waals surface area contributed by atoms with Gasteiger partial charge in [0.15, 0.2) is 5.82 Å². The van der Waals surface area contributed by atoms with Crippen LogP contribution in [0.2, 0.25) is 0 Å². The average molecular weight is 878 g/mol. The number of benzene rings is 6. The first kappa shape index (κ1) is 43.6. The Kier molecular flexibility index (Phi) is 12.4. The summed E-state index contributed by atoms with van der Waals surface area (Å²) in [6.45, 7) is 0.402. The summed E-state index contributed by atoms with van der Waals surface area (Å²) in [6.07, 6.45) is 4.84. The Labute approximate surface area is 383 Å². The molecule has 5 aromatic carbocycles. The Bertz CT molecular complexity index is 3160. The second kappa shape index (κ2) is 18.8. The number of Topliss-reactive ketones (excluding diaryl/α,β-unsaturated/α-hetero) is 1. The van der Waals surface area contributed by atoms with Crippen molar-refractivity contribution in [2.45, 2.75) is 51.0 Å². The van der Waals surface area contributed by atoms with Gasteiger partial charge in [0.2, 0.25) is 5.36 Å². The zero-order valence-electron chi connectivity index (χ0n) is 37.7. The Morgan fingerprint density at radius 3 is 2.26 bits per heavy atom. The van der Waals surface area contributed by atoms with Crippen LogP contribution < -0.4 is 25.5 Å². The molecule has 0 atom stereocenters. The van der Waals surface area contributed by atoms with Crippen LogP contribution in [0.25, 0.3) is 55.7 Å². The number of carboxylic acids is 1. The van der Waals surface area contributed by atoms with E-state index < -0.39 is 5.97 Å². The lowest BCUT2D eigenvalue weighted by molar-refractivity contribution is -0.118. The molecule has 11 heteroatoms. The lowest BCUT2D eigenvalue weighted by atomic mass is 9.89. The predicted molar refractivity (Wildman–Crippen MR) is 262 cm³/mol. The number of fused-ring (bicyclic) bond motifs is 4.